The number of sulfonamides is 1. The number of amides is 1. The van der Waals surface area contributed by atoms with E-state index < -0.39 is 15.9 Å². The molecule has 0 aliphatic rings. The molecule has 0 bridgehead atoms. The Hall–Kier alpha value is -2.54. The number of rotatable bonds is 5. The molecule has 0 heterocycles. The van der Waals surface area contributed by atoms with Gasteiger partial charge in [0.25, 0.3) is 15.9 Å². The summed E-state index contributed by atoms with van der Waals surface area (Å²) in [6.07, 6.45) is 0. The fourth-order valence-corrected chi connectivity index (χ4v) is 3.68. The van der Waals surface area contributed by atoms with Crippen LogP contribution in [0.4, 0.5) is 11.4 Å². The van der Waals surface area contributed by atoms with Crippen molar-refractivity contribution in [2.45, 2.75) is 4.90 Å². The predicted octanol–water partition coefficient (Wildman–Crippen LogP) is 5.05. The van der Waals surface area contributed by atoms with Crippen molar-refractivity contribution in [2.75, 3.05) is 10.0 Å². The van der Waals surface area contributed by atoms with Gasteiger partial charge in [-0.15, -0.1) is 0 Å². The summed E-state index contributed by atoms with van der Waals surface area (Å²) in [5.41, 5.74) is 1.04. The van der Waals surface area contributed by atoms with E-state index >= 15 is 0 Å². The molecular weight excluding hydrogens is 407 g/mol. The van der Waals surface area contributed by atoms with Crippen LogP contribution < -0.4 is 10.0 Å². The molecule has 0 spiro atoms. The van der Waals surface area contributed by atoms with E-state index in [1.807, 2.05) is 0 Å². The number of benzene rings is 3. The molecule has 8 heteroatoms. The Morgan fingerprint density at radius 1 is 0.778 bits per heavy atom. The summed E-state index contributed by atoms with van der Waals surface area (Å²) >= 11 is 11.8. The van der Waals surface area contributed by atoms with Crippen molar-refractivity contribution in [1.82, 2.24) is 0 Å². The maximum Gasteiger partial charge on any atom is 0.261 e. The predicted molar refractivity (Wildman–Crippen MR) is 108 cm³/mol. The minimum atomic E-state index is -3.74. The highest BCUT2D eigenvalue weighted by molar-refractivity contribution is 7.92. The molecule has 5 nitrogen and oxygen atoms in total. The van der Waals surface area contributed by atoms with E-state index in [0.29, 0.717) is 15.7 Å². The number of anilines is 2. The van der Waals surface area contributed by atoms with Gasteiger partial charge in [0, 0.05) is 16.9 Å². The Bertz CT molecular complexity index is 1090. The Kier molecular flexibility index (Phi) is 5.70. The Balaban J connectivity index is 1.79. The molecule has 3 aromatic rings. The molecule has 27 heavy (non-hydrogen) atoms. The van der Waals surface area contributed by atoms with E-state index in [9.17, 15) is 13.2 Å². The third kappa shape index (κ3) is 4.80. The number of carbonyl (C=O) groups excluding carboxylic acids is 1. The van der Waals surface area contributed by atoms with Gasteiger partial charge in [0.2, 0.25) is 0 Å². The molecule has 1 amide bonds. The van der Waals surface area contributed by atoms with Gasteiger partial charge >= 0.3 is 0 Å². The summed E-state index contributed by atoms with van der Waals surface area (Å²) < 4.78 is 27.3. The smallest absolute Gasteiger partial charge is 0.261 e. The first-order valence-electron chi connectivity index (χ1n) is 7.79. The summed E-state index contributed by atoms with van der Waals surface area (Å²) in [5, 5.41) is 3.39. The van der Waals surface area contributed by atoms with Gasteiger partial charge in [0.05, 0.1) is 14.9 Å². The van der Waals surface area contributed by atoms with E-state index in [0.717, 1.165) is 0 Å². The van der Waals surface area contributed by atoms with Crippen LogP contribution in [-0.4, -0.2) is 14.3 Å². The fourth-order valence-electron chi connectivity index (χ4n) is 2.31. The number of carbonyl (C=O) groups is 1. The van der Waals surface area contributed by atoms with Crippen molar-refractivity contribution in [3.8, 4) is 0 Å². The Labute approximate surface area is 167 Å². The molecule has 0 aliphatic carbocycles. The standard InChI is InChI=1S/C19H14Cl2N2O3S/c20-17-10-9-14(12-18(17)21)22-19(24)13-5-4-6-15(11-13)23-27(25,26)16-7-2-1-3-8-16/h1-12,23H,(H,22,24). The largest absolute Gasteiger partial charge is 0.322 e. The maximum atomic E-state index is 12.4. The fraction of sp³-hybridized carbons (Fsp3) is 0. The lowest BCUT2D eigenvalue weighted by molar-refractivity contribution is 0.102. The van der Waals surface area contributed by atoms with E-state index in [-0.39, 0.29) is 16.1 Å². The van der Waals surface area contributed by atoms with Crippen LogP contribution in [0.3, 0.4) is 0 Å². The molecule has 0 saturated carbocycles. The molecule has 3 rings (SSSR count). The van der Waals surface area contributed by atoms with E-state index in [1.165, 1.54) is 24.3 Å². The van der Waals surface area contributed by atoms with E-state index in [1.54, 1.807) is 48.5 Å². The normalized spacial score (nSPS) is 11.0. The molecule has 0 radical (unpaired) electrons. The first-order chi connectivity index (χ1) is 12.8. The summed E-state index contributed by atoms with van der Waals surface area (Å²) in [6.45, 7) is 0. The van der Waals surface area contributed by atoms with Gasteiger partial charge in [-0.2, -0.15) is 0 Å². The molecule has 0 fully saturated rings. The van der Waals surface area contributed by atoms with Gasteiger partial charge < -0.3 is 5.32 Å². The molecule has 0 atom stereocenters. The van der Waals surface area contributed by atoms with Crippen LogP contribution in [0, 0.1) is 0 Å². The van der Waals surface area contributed by atoms with Crippen LogP contribution >= 0.6 is 23.2 Å². The molecule has 0 aromatic heterocycles. The minimum Gasteiger partial charge on any atom is -0.322 e. The van der Waals surface area contributed by atoms with Crippen molar-refractivity contribution < 1.29 is 13.2 Å². The summed E-state index contributed by atoms with van der Waals surface area (Å²) in [4.78, 5) is 12.6. The Morgan fingerprint density at radius 3 is 2.22 bits per heavy atom. The summed E-state index contributed by atoms with van der Waals surface area (Å²) in [6, 6.07) is 18.9. The quantitative estimate of drug-likeness (QED) is 0.606. The van der Waals surface area contributed by atoms with Crippen LogP contribution in [0.25, 0.3) is 0 Å². The highest BCUT2D eigenvalue weighted by Gasteiger charge is 2.15. The van der Waals surface area contributed by atoms with Gasteiger partial charge in [-0.05, 0) is 48.5 Å². The van der Waals surface area contributed by atoms with Gasteiger partial charge in [-0.3, -0.25) is 9.52 Å². The number of hydrogen-bond acceptors (Lipinski definition) is 3. The van der Waals surface area contributed by atoms with E-state index in [2.05, 4.69) is 10.0 Å². The molecule has 3 aromatic carbocycles. The van der Waals surface area contributed by atoms with Crippen molar-refractivity contribution in [2.24, 2.45) is 0 Å². The van der Waals surface area contributed by atoms with Crippen LogP contribution in [0.5, 0.6) is 0 Å². The van der Waals surface area contributed by atoms with Crippen molar-refractivity contribution >= 4 is 50.5 Å². The zero-order valence-electron chi connectivity index (χ0n) is 13.8. The second-order valence-electron chi connectivity index (χ2n) is 5.58. The van der Waals surface area contributed by atoms with Gasteiger partial charge in [0.1, 0.15) is 0 Å². The maximum absolute atomic E-state index is 12.4. The minimum absolute atomic E-state index is 0.135. The molecule has 2 N–H and O–H groups in total. The molecule has 138 valence electrons. The first-order valence-corrected chi connectivity index (χ1v) is 10.0. The van der Waals surface area contributed by atoms with Gasteiger partial charge in [-0.1, -0.05) is 47.5 Å². The van der Waals surface area contributed by atoms with Gasteiger partial charge in [-0.25, -0.2) is 8.42 Å². The first kappa shape index (κ1) is 19.2. The lowest BCUT2D eigenvalue weighted by Gasteiger charge is -2.10. The highest BCUT2D eigenvalue weighted by Crippen LogP contribution is 2.25. The average Bonchev–Trinajstić information content (AvgIpc) is 2.65. The van der Waals surface area contributed by atoms with Gasteiger partial charge in [0.15, 0.2) is 0 Å². The SMILES string of the molecule is O=C(Nc1ccc(Cl)c(Cl)c1)c1cccc(NS(=O)(=O)c2ccccc2)c1. The number of nitrogens with one attached hydrogen (secondary N) is 2. The summed E-state index contributed by atoms with van der Waals surface area (Å²) in [7, 11) is -3.74. The second-order valence-corrected chi connectivity index (χ2v) is 8.08. The third-order valence-electron chi connectivity index (χ3n) is 3.61. The van der Waals surface area contributed by atoms with Crippen LogP contribution in [-0.2, 0) is 10.0 Å². The van der Waals surface area contributed by atoms with Crippen LogP contribution in [0.1, 0.15) is 10.4 Å². The Morgan fingerprint density at radius 2 is 1.52 bits per heavy atom. The summed E-state index contributed by atoms with van der Waals surface area (Å²) in [5.74, 6) is -0.408. The lowest BCUT2D eigenvalue weighted by atomic mass is 10.2. The monoisotopic (exact) mass is 420 g/mol. The van der Waals surface area contributed by atoms with Crippen LogP contribution in [0.2, 0.25) is 10.0 Å². The zero-order valence-corrected chi connectivity index (χ0v) is 16.1. The van der Waals surface area contributed by atoms with E-state index in [4.69, 9.17) is 23.2 Å². The van der Waals surface area contributed by atoms with Crippen molar-refractivity contribution in [3.05, 3.63) is 88.4 Å². The highest BCUT2D eigenvalue weighted by atomic mass is 35.5. The van der Waals surface area contributed by atoms with Crippen molar-refractivity contribution in [3.63, 3.8) is 0 Å². The number of halogens is 2. The number of hydrogen-bond donors (Lipinski definition) is 2. The van der Waals surface area contributed by atoms with Crippen LogP contribution in [0.15, 0.2) is 77.7 Å². The van der Waals surface area contributed by atoms with Crippen molar-refractivity contribution in [1.29, 1.82) is 0 Å². The lowest BCUT2D eigenvalue weighted by Crippen LogP contribution is -2.15. The second kappa shape index (κ2) is 8.00. The average molecular weight is 421 g/mol. The molecule has 0 unspecified atom stereocenters. The third-order valence-corrected chi connectivity index (χ3v) is 5.74. The molecular formula is C19H14Cl2N2O3S. The molecule has 0 aliphatic heterocycles. The topological polar surface area (TPSA) is 75.3 Å². The molecule has 0 saturated heterocycles. The zero-order chi connectivity index (χ0) is 19.4.